The summed E-state index contributed by atoms with van der Waals surface area (Å²) < 4.78 is 27.3. The zero-order valence-electron chi connectivity index (χ0n) is 17.9. The molecular weight excluding hydrogens is 366 g/mol. The van der Waals surface area contributed by atoms with Crippen molar-refractivity contribution in [1.82, 2.24) is 4.57 Å². The van der Waals surface area contributed by atoms with Crippen molar-refractivity contribution in [1.29, 1.82) is 0 Å². The third kappa shape index (κ3) is 6.80. The van der Waals surface area contributed by atoms with Gasteiger partial charge in [-0.25, -0.2) is 8.42 Å². The van der Waals surface area contributed by atoms with E-state index in [0.717, 1.165) is 36.3 Å². The van der Waals surface area contributed by atoms with E-state index in [2.05, 4.69) is 37.5 Å². The van der Waals surface area contributed by atoms with E-state index in [0.29, 0.717) is 4.90 Å². The Hall–Kier alpha value is -1.55. The number of sulfone groups is 1. The molecule has 0 radical (unpaired) electrons. The van der Waals surface area contributed by atoms with E-state index >= 15 is 0 Å². The van der Waals surface area contributed by atoms with Crippen LogP contribution in [0, 0.1) is 13.8 Å². The number of hydrogen-bond donors (Lipinski definition) is 0. The van der Waals surface area contributed by atoms with Crippen molar-refractivity contribution in [3.63, 3.8) is 0 Å². The van der Waals surface area contributed by atoms with Crippen LogP contribution in [0.25, 0.3) is 5.69 Å². The lowest BCUT2D eigenvalue weighted by Crippen LogP contribution is -2.07. The van der Waals surface area contributed by atoms with Crippen LogP contribution in [0.1, 0.15) is 82.5 Å². The Morgan fingerprint density at radius 3 is 1.64 bits per heavy atom. The molecule has 1 aromatic heterocycles. The smallest absolute Gasteiger partial charge is 0.178 e. The predicted molar refractivity (Wildman–Crippen MR) is 119 cm³/mol. The first-order chi connectivity index (χ1) is 13.5. The van der Waals surface area contributed by atoms with Gasteiger partial charge in [0.15, 0.2) is 9.84 Å². The molecule has 0 atom stereocenters. The van der Waals surface area contributed by atoms with Crippen molar-refractivity contribution in [2.45, 2.75) is 89.9 Å². The Balaban J connectivity index is 1.74. The molecule has 1 aromatic carbocycles. The number of aromatic nitrogens is 1. The maximum absolute atomic E-state index is 12.6. The van der Waals surface area contributed by atoms with Crippen LogP contribution in [-0.2, 0) is 9.84 Å². The van der Waals surface area contributed by atoms with Crippen molar-refractivity contribution < 1.29 is 8.42 Å². The highest BCUT2D eigenvalue weighted by atomic mass is 32.2. The zero-order chi connectivity index (χ0) is 20.4. The molecule has 0 unspecified atom stereocenters. The van der Waals surface area contributed by atoms with Crippen LogP contribution in [-0.4, -0.2) is 18.7 Å². The van der Waals surface area contributed by atoms with E-state index in [9.17, 15) is 8.42 Å². The second-order valence-electron chi connectivity index (χ2n) is 7.95. The highest BCUT2D eigenvalue weighted by Gasteiger charge is 2.14. The summed E-state index contributed by atoms with van der Waals surface area (Å²) in [5, 5.41) is 0. The van der Waals surface area contributed by atoms with Gasteiger partial charge in [0.2, 0.25) is 0 Å². The molecule has 0 aliphatic heterocycles. The Bertz CT molecular complexity index is 784. The summed E-state index contributed by atoms with van der Waals surface area (Å²) in [7, 11) is -3.18. The van der Waals surface area contributed by atoms with E-state index in [4.69, 9.17) is 0 Å². The summed E-state index contributed by atoms with van der Waals surface area (Å²) in [6, 6.07) is 11.5. The van der Waals surface area contributed by atoms with Gasteiger partial charge in [-0.3, -0.25) is 0 Å². The van der Waals surface area contributed by atoms with Crippen LogP contribution < -0.4 is 0 Å². The van der Waals surface area contributed by atoms with Crippen molar-refractivity contribution in [2.24, 2.45) is 0 Å². The number of hydrogen-bond acceptors (Lipinski definition) is 2. The summed E-state index contributed by atoms with van der Waals surface area (Å²) in [5.41, 5.74) is 3.31. The maximum Gasteiger partial charge on any atom is 0.178 e. The van der Waals surface area contributed by atoms with Crippen LogP contribution in [0.15, 0.2) is 41.3 Å². The summed E-state index contributed by atoms with van der Waals surface area (Å²) >= 11 is 0. The average molecular weight is 404 g/mol. The summed E-state index contributed by atoms with van der Waals surface area (Å²) in [4.78, 5) is 0.439. The molecule has 28 heavy (non-hydrogen) atoms. The molecule has 2 rings (SSSR count). The molecule has 0 bridgehead atoms. The average Bonchev–Trinajstić information content (AvgIpc) is 3.01. The van der Waals surface area contributed by atoms with Gasteiger partial charge in [-0.1, -0.05) is 64.7 Å². The van der Waals surface area contributed by atoms with Gasteiger partial charge in [-0.15, -0.1) is 0 Å². The topological polar surface area (TPSA) is 39.1 Å². The van der Waals surface area contributed by atoms with Crippen LogP contribution >= 0.6 is 0 Å². The first-order valence-corrected chi connectivity index (χ1v) is 12.6. The third-order valence-corrected chi connectivity index (χ3v) is 7.31. The van der Waals surface area contributed by atoms with Crippen molar-refractivity contribution in [2.75, 3.05) is 5.75 Å². The standard InChI is InChI=1S/C24H37NO2S/c1-4-5-6-7-8-9-10-11-12-13-20-28(26,27)24-18-16-23(17-19-24)25-21(2)14-15-22(25)3/h14-19H,4-13,20H2,1-3H3. The minimum absolute atomic E-state index is 0.254. The van der Waals surface area contributed by atoms with Crippen molar-refractivity contribution >= 4 is 9.84 Å². The first kappa shape index (κ1) is 22.7. The Labute approximate surface area is 172 Å². The van der Waals surface area contributed by atoms with Gasteiger partial charge in [0.25, 0.3) is 0 Å². The van der Waals surface area contributed by atoms with Gasteiger partial charge in [0, 0.05) is 17.1 Å². The van der Waals surface area contributed by atoms with Crippen molar-refractivity contribution in [3.8, 4) is 5.69 Å². The second-order valence-corrected chi connectivity index (χ2v) is 10.1. The lowest BCUT2D eigenvalue weighted by molar-refractivity contribution is 0.558. The van der Waals surface area contributed by atoms with Crippen LogP contribution in [0.3, 0.4) is 0 Å². The fraction of sp³-hybridized carbons (Fsp3) is 0.583. The monoisotopic (exact) mass is 403 g/mol. The molecule has 0 fully saturated rings. The number of benzene rings is 1. The molecule has 0 saturated heterocycles. The fourth-order valence-electron chi connectivity index (χ4n) is 3.78. The Morgan fingerprint density at radius 2 is 1.14 bits per heavy atom. The quantitative estimate of drug-likeness (QED) is 0.345. The zero-order valence-corrected chi connectivity index (χ0v) is 18.7. The van der Waals surface area contributed by atoms with Gasteiger partial charge in [0.1, 0.15) is 0 Å². The van der Waals surface area contributed by atoms with Crippen LogP contribution in [0.2, 0.25) is 0 Å². The third-order valence-electron chi connectivity index (χ3n) is 5.49. The van der Waals surface area contributed by atoms with Gasteiger partial charge in [-0.05, 0) is 56.7 Å². The molecule has 0 spiro atoms. The van der Waals surface area contributed by atoms with E-state index < -0.39 is 9.84 Å². The molecule has 0 aliphatic rings. The molecule has 0 saturated carbocycles. The van der Waals surface area contributed by atoms with Gasteiger partial charge < -0.3 is 4.57 Å². The molecular formula is C24H37NO2S. The molecule has 0 N–H and O–H groups in total. The molecule has 4 heteroatoms. The van der Waals surface area contributed by atoms with E-state index in [1.54, 1.807) is 12.1 Å². The van der Waals surface area contributed by atoms with Crippen molar-refractivity contribution in [3.05, 3.63) is 47.8 Å². The molecule has 0 aliphatic carbocycles. The SMILES string of the molecule is CCCCCCCCCCCCS(=O)(=O)c1ccc(-n2c(C)ccc2C)cc1. The largest absolute Gasteiger partial charge is 0.319 e. The highest BCUT2D eigenvalue weighted by molar-refractivity contribution is 7.91. The normalized spacial score (nSPS) is 11.8. The Morgan fingerprint density at radius 1 is 0.679 bits per heavy atom. The number of aryl methyl sites for hydroxylation is 2. The first-order valence-electron chi connectivity index (χ1n) is 10.9. The lowest BCUT2D eigenvalue weighted by Gasteiger charge is -2.11. The minimum Gasteiger partial charge on any atom is -0.319 e. The molecule has 0 amide bonds. The van der Waals surface area contributed by atoms with Gasteiger partial charge in [-0.2, -0.15) is 0 Å². The molecule has 2 aromatic rings. The Kier molecular flexibility index (Phi) is 9.30. The molecule has 156 valence electrons. The highest BCUT2D eigenvalue weighted by Crippen LogP contribution is 2.20. The molecule has 3 nitrogen and oxygen atoms in total. The van der Waals surface area contributed by atoms with E-state index in [1.807, 2.05) is 12.1 Å². The van der Waals surface area contributed by atoms with E-state index in [1.165, 1.54) is 44.9 Å². The summed E-state index contributed by atoms with van der Waals surface area (Å²) in [5.74, 6) is 0.254. The lowest BCUT2D eigenvalue weighted by atomic mass is 10.1. The second kappa shape index (κ2) is 11.5. The summed E-state index contributed by atoms with van der Waals surface area (Å²) in [6.07, 6.45) is 12.1. The minimum atomic E-state index is -3.18. The van der Waals surface area contributed by atoms with Crippen LogP contribution in [0.4, 0.5) is 0 Å². The summed E-state index contributed by atoms with van der Waals surface area (Å²) in [6.45, 7) is 6.36. The number of rotatable bonds is 13. The van der Waals surface area contributed by atoms with E-state index in [-0.39, 0.29) is 5.75 Å². The van der Waals surface area contributed by atoms with Gasteiger partial charge >= 0.3 is 0 Å². The van der Waals surface area contributed by atoms with Crippen LogP contribution in [0.5, 0.6) is 0 Å². The number of unbranched alkanes of at least 4 members (excludes halogenated alkanes) is 9. The fourth-order valence-corrected chi connectivity index (χ4v) is 5.15. The predicted octanol–water partition coefficient (Wildman–Crippen LogP) is 6.79. The number of nitrogens with zero attached hydrogens (tertiary/aromatic N) is 1. The molecule has 1 heterocycles. The maximum atomic E-state index is 12.6. The van der Waals surface area contributed by atoms with Gasteiger partial charge in [0.05, 0.1) is 10.6 Å².